The maximum atomic E-state index is 12.6. The first-order valence-corrected chi connectivity index (χ1v) is 8.86. The van der Waals surface area contributed by atoms with E-state index >= 15 is 0 Å². The van der Waals surface area contributed by atoms with Gasteiger partial charge in [-0.15, -0.1) is 16.4 Å². The Labute approximate surface area is 143 Å². The fourth-order valence-corrected chi connectivity index (χ4v) is 4.17. The van der Waals surface area contributed by atoms with E-state index in [1.807, 2.05) is 21.0 Å². The van der Waals surface area contributed by atoms with Gasteiger partial charge < -0.3 is 9.64 Å². The fourth-order valence-electron chi connectivity index (χ4n) is 3.35. The average Bonchev–Trinajstić information content (AvgIpc) is 3.23. The molecule has 0 N–H and O–H groups in total. The summed E-state index contributed by atoms with van der Waals surface area (Å²) in [6.07, 6.45) is 2.84. The van der Waals surface area contributed by atoms with Crippen molar-refractivity contribution in [2.24, 2.45) is 0 Å². The van der Waals surface area contributed by atoms with Crippen molar-refractivity contribution in [1.82, 2.24) is 19.9 Å². The Hall–Kier alpha value is -2.06. The highest BCUT2D eigenvalue weighted by Crippen LogP contribution is 2.30. The van der Waals surface area contributed by atoms with E-state index in [4.69, 9.17) is 4.74 Å². The first kappa shape index (κ1) is 15.5. The molecule has 24 heavy (non-hydrogen) atoms. The summed E-state index contributed by atoms with van der Waals surface area (Å²) < 4.78 is 7.83. The van der Waals surface area contributed by atoms with Crippen molar-refractivity contribution in [1.29, 1.82) is 0 Å². The topological polar surface area (TPSA) is 77.3 Å². The molecule has 0 spiro atoms. The molecular weight excluding hydrogens is 328 g/mol. The zero-order valence-electron chi connectivity index (χ0n) is 13.3. The van der Waals surface area contributed by atoms with E-state index in [0.29, 0.717) is 31.0 Å². The molecule has 1 fully saturated rings. The van der Waals surface area contributed by atoms with Gasteiger partial charge in [-0.2, -0.15) is 0 Å². The van der Waals surface area contributed by atoms with Crippen LogP contribution in [0.25, 0.3) is 0 Å². The van der Waals surface area contributed by atoms with Crippen LogP contribution in [0.5, 0.6) is 0 Å². The summed E-state index contributed by atoms with van der Waals surface area (Å²) in [5.74, 6) is 0.119. The number of nitrogens with zero attached hydrogens (tertiary/aromatic N) is 4. The van der Waals surface area contributed by atoms with Gasteiger partial charge in [-0.3, -0.25) is 9.59 Å². The second-order valence-corrected chi connectivity index (χ2v) is 7.18. The molecule has 7 nitrogen and oxygen atoms in total. The van der Waals surface area contributed by atoms with Crippen LogP contribution in [-0.2, 0) is 22.6 Å². The molecule has 4 rings (SSSR count). The third-order valence-corrected chi connectivity index (χ3v) is 5.72. The van der Waals surface area contributed by atoms with Crippen molar-refractivity contribution in [2.45, 2.75) is 38.5 Å². The van der Waals surface area contributed by atoms with Gasteiger partial charge in [-0.05, 0) is 30.4 Å². The second-order valence-electron chi connectivity index (χ2n) is 6.27. The number of thiophene rings is 1. The highest BCUT2D eigenvalue weighted by Gasteiger charge is 2.37. The lowest BCUT2D eigenvalue weighted by Crippen LogP contribution is -2.50. The van der Waals surface area contributed by atoms with Crippen LogP contribution in [0.4, 0.5) is 0 Å². The Morgan fingerprint density at radius 1 is 1.46 bits per heavy atom. The molecule has 2 aliphatic heterocycles. The van der Waals surface area contributed by atoms with Gasteiger partial charge >= 0.3 is 0 Å². The largest absolute Gasteiger partial charge is 0.368 e. The second kappa shape index (κ2) is 6.10. The molecule has 0 bridgehead atoms. The van der Waals surface area contributed by atoms with Gasteiger partial charge in [0, 0.05) is 13.1 Å². The predicted octanol–water partition coefficient (Wildman–Crippen LogP) is 1.46. The van der Waals surface area contributed by atoms with Crippen molar-refractivity contribution >= 4 is 23.0 Å². The number of piperidine rings is 1. The Morgan fingerprint density at radius 3 is 3.12 bits per heavy atom. The van der Waals surface area contributed by atoms with Crippen LogP contribution >= 0.6 is 11.3 Å². The monoisotopic (exact) mass is 346 g/mol. The van der Waals surface area contributed by atoms with Gasteiger partial charge in [0.05, 0.1) is 41.9 Å². The summed E-state index contributed by atoms with van der Waals surface area (Å²) in [4.78, 5) is 26.5. The van der Waals surface area contributed by atoms with E-state index in [0.717, 1.165) is 17.7 Å². The van der Waals surface area contributed by atoms with E-state index < -0.39 is 0 Å². The van der Waals surface area contributed by atoms with Crippen molar-refractivity contribution in [3.63, 3.8) is 0 Å². The molecule has 0 aliphatic carbocycles. The third kappa shape index (κ3) is 2.76. The Kier molecular flexibility index (Phi) is 3.93. The first-order chi connectivity index (χ1) is 11.6. The van der Waals surface area contributed by atoms with Crippen LogP contribution in [0.2, 0.25) is 0 Å². The van der Waals surface area contributed by atoms with Crippen LogP contribution in [0.15, 0.2) is 17.6 Å². The van der Waals surface area contributed by atoms with Crippen molar-refractivity contribution in [3.8, 4) is 0 Å². The molecule has 8 heteroatoms. The molecule has 126 valence electrons. The highest BCUT2D eigenvalue weighted by molar-refractivity contribution is 7.12. The number of Topliss-reactive ketones (excluding diaryl/α,β-unsaturated/α-hetero) is 1. The summed E-state index contributed by atoms with van der Waals surface area (Å²) in [7, 11) is 0. The number of aromatic nitrogens is 3. The number of ether oxygens (including phenoxy) is 1. The van der Waals surface area contributed by atoms with Gasteiger partial charge in [0.15, 0.2) is 5.78 Å². The van der Waals surface area contributed by atoms with Crippen molar-refractivity contribution in [2.75, 3.05) is 13.1 Å². The number of ketones is 1. The minimum absolute atomic E-state index is 0.0350. The van der Waals surface area contributed by atoms with Crippen LogP contribution in [0, 0.1) is 0 Å². The molecule has 0 radical (unpaired) electrons. The van der Waals surface area contributed by atoms with Crippen molar-refractivity contribution in [3.05, 3.63) is 33.8 Å². The maximum absolute atomic E-state index is 12.6. The Morgan fingerprint density at radius 2 is 2.33 bits per heavy atom. The van der Waals surface area contributed by atoms with Crippen LogP contribution < -0.4 is 0 Å². The summed E-state index contributed by atoms with van der Waals surface area (Å²) >= 11 is 1.39. The Bertz CT molecular complexity index is 784. The fraction of sp³-hybridized carbons (Fsp3) is 0.500. The number of carbonyl (C=O) groups is 2. The summed E-state index contributed by atoms with van der Waals surface area (Å²) in [5.41, 5.74) is 1.89. The molecule has 2 aliphatic rings. The van der Waals surface area contributed by atoms with Crippen LogP contribution in [0.3, 0.4) is 0 Å². The molecule has 2 aromatic rings. The van der Waals surface area contributed by atoms with Gasteiger partial charge in [0.25, 0.3) is 0 Å². The van der Waals surface area contributed by atoms with Gasteiger partial charge in [-0.1, -0.05) is 5.21 Å². The number of fused-ring (bicyclic) bond motifs is 3. The lowest BCUT2D eigenvalue weighted by Gasteiger charge is -2.41. The average molecular weight is 346 g/mol. The highest BCUT2D eigenvalue weighted by atomic mass is 32.1. The molecule has 0 unspecified atom stereocenters. The van der Waals surface area contributed by atoms with E-state index in [1.165, 1.54) is 11.3 Å². The quantitative estimate of drug-likeness (QED) is 0.786. The number of carbonyl (C=O) groups excluding carboxylic acids is 2. The maximum Gasteiger partial charge on any atom is 0.227 e. The molecule has 0 aromatic carbocycles. The lowest BCUT2D eigenvalue weighted by molar-refractivity contribution is -0.138. The molecular formula is C16H18N4O3S. The number of hydrogen-bond donors (Lipinski definition) is 0. The van der Waals surface area contributed by atoms with Gasteiger partial charge in [0.2, 0.25) is 5.91 Å². The minimum Gasteiger partial charge on any atom is -0.368 e. The number of rotatable bonds is 3. The molecule has 1 saturated heterocycles. The molecule has 0 saturated carbocycles. The Balaban J connectivity index is 1.41. The molecule has 2 atom stereocenters. The summed E-state index contributed by atoms with van der Waals surface area (Å²) in [6, 6.07) is 1.97. The zero-order chi connectivity index (χ0) is 16.7. The summed E-state index contributed by atoms with van der Waals surface area (Å²) in [6.45, 7) is 3.29. The zero-order valence-corrected chi connectivity index (χ0v) is 14.2. The van der Waals surface area contributed by atoms with E-state index in [1.54, 1.807) is 13.1 Å². The van der Waals surface area contributed by atoms with Crippen molar-refractivity contribution < 1.29 is 14.3 Å². The minimum atomic E-state index is -0.0350. The third-order valence-electron chi connectivity index (χ3n) is 4.64. The van der Waals surface area contributed by atoms with E-state index in [9.17, 15) is 9.59 Å². The lowest BCUT2D eigenvalue weighted by atomic mass is 9.99. The smallest absolute Gasteiger partial charge is 0.227 e. The number of amides is 1. The van der Waals surface area contributed by atoms with Crippen LogP contribution in [0.1, 0.15) is 40.3 Å². The first-order valence-electron chi connectivity index (χ1n) is 7.98. The number of likely N-dealkylation sites (tertiary alicyclic amines) is 1. The van der Waals surface area contributed by atoms with Crippen LogP contribution in [-0.4, -0.2) is 50.8 Å². The normalized spacial score (nSPS) is 22.8. The molecule has 4 heterocycles. The molecule has 1 amide bonds. The standard InChI is InChI=1S/C16H18N4O3S/c1-10(21)15-4-11(9-24-15)5-16(22)19-3-2-13-14(7-19)23-8-12-6-17-18-20(12)13/h4,6,9,13-14H,2-3,5,7-8H2,1H3/t13-,14-/m0/s1. The van der Waals surface area contributed by atoms with Gasteiger partial charge in [0.1, 0.15) is 0 Å². The van der Waals surface area contributed by atoms with E-state index in [-0.39, 0.29) is 23.8 Å². The van der Waals surface area contributed by atoms with E-state index in [2.05, 4.69) is 10.3 Å². The molecule has 2 aromatic heterocycles. The number of hydrogen-bond acceptors (Lipinski definition) is 6. The predicted molar refractivity (Wildman–Crippen MR) is 86.9 cm³/mol. The SMILES string of the molecule is CC(=O)c1cc(CC(=O)N2CC[C@H]3[C@H](C2)OCc2cnnn23)cs1. The van der Waals surface area contributed by atoms with Gasteiger partial charge in [-0.25, -0.2) is 4.68 Å². The summed E-state index contributed by atoms with van der Waals surface area (Å²) in [5, 5.41) is 9.99.